The van der Waals surface area contributed by atoms with Crippen molar-refractivity contribution in [1.82, 2.24) is 0 Å². The third-order valence-corrected chi connectivity index (χ3v) is 4.91. The van der Waals surface area contributed by atoms with Gasteiger partial charge in [-0.2, -0.15) is 0 Å². The molecule has 0 bridgehead atoms. The van der Waals surface area contributed by atoms with Crippen LogP contribution in [0.25, 0.3) is 6.08 Å². The Balaban J connectivity index is 2.01. The lowest BCUT2D eigenvalue weighted by Gasteiger charge is -2.20. The fourth-order valence-electron chi connectivity index (χ4n) is 3.53. The van der Waals surface area contributed by atoms with Crippen LogP contribution in [-0.2, 0) is 14.3 Å². The Kier molecular flexibility index (Phi) is 6.84. The van der Waals surface area contributed by atoms with Crippen molar-refractivity contribution in [2.75, 3.05) is 34.5 Å². The smallest absolute Gasteiger partial charge is 0.302 e. The second kappa shape index (κ2) is 9.54. The molecule has 1 heterocycles. The predicted molar refractivity (Wildman–Crippen MR) is 111 cm³/mol. The molecule has 1 aliphatic rings. The molecule has 1 aliphatic heterocycles. The molecular weight excluding hydrogens is 388 g/mol. The van der Waals surface area contributed by atoms with Crippen LogP contribution >= 0.6 is 0 Å². The highest BCUT2D eigenvalue weighted by molar-refractivity contribution is 5.66. The molecule has 0 amide bonds. The van der Waals surface area contributed by atoms with Crippen LogP contribution in [0.5, 0.6) is 23.0 Å². The molecule has 2 atom stereocenters. The zero-order valence-corrected chi connectivity index (χ0v) is 17.5. The first kappa shape index (κ1) is 21.5. The van der Waals surface area contributed by atoms with E-state index in [9.17, 15) is 9.90 Å². The van der Waals surface area contributed by atoms with E-state index in [1.54, 1.807) is 33.5 Å². The molecule has 0 aromatic heterocycles. The molecule has 3 rings (SSSR count). The second-order valence-corrected chi connectivity index (χ2v) is 6.88. The molecule has 0 aliphatic carbocycles. The zero-order chi connectivity index (χ0) is 21.7. The first-order valence-corrected chi connectivity index (χ1v) is 9.52. The normalized spacial score (nSPS) is 17.5. The van der Waals surface area contributed by atoms with Crippen molar-refractivity contribution in [3.8, 4) is 23.0 Å². The summed E-state index contributed by atoms with van der Waals surface area (Å²) in [5, 5.41) is 10.6. The van der Waals surface area contributed by atoms with Gasteiger partial charge in [-0.3, -0.25) is 4.79 Å². The van der Waals surface area contributed by atoms with Crippen molar-refractivity contribution in [2.24, 2.45) is 0 Å². The Hall–Kier alpha value is -3.19. The number of esters is 1. The number of hydrogen-bond acceptors (Lipinski definition) is 7. The van der Waals surface area contributed by atoms with Crippen LogP contribution in [0.15, 0.2) is 36.4 Å². The van der Waals surface area contributed by atoms with Crippen molar-refractivity contribution < 1.29 is 33.6 Å². The Morgan fingerprint density at radius 2 is 1.90 bits per heavy atom. The molecule has 0 radical (unpaired) electrons. The minimum absolute atomic E-state index is 0.0281. The summed E-state index contributed by atoms with van der Waals surface area (Å²) in [5.74, 6) is 0.893. The summed E-state index contributed by atoms with van der Waals surface area (Å²) in [6, 6.07) is 9.05. The highest BCUT2D eigenvalue weighted by atomic mass is 16.5. The zero-order valence-electron chi connectivity index (χ0n) is 17.5. The molecule has 0 unspecified atom stereocenters. The minimum Gasteiger partial charge on any atom is -0.504 e. The molecule has 2 aromatic rings. The van der Waals surface area contributed by atoms with E-state index in [0.29, 0.717) is 23.9 Å². The first-order chi connectivity index (χ1) is 14.5. The molecule has 2 aromatic carbocycles. The Morgan fingerprint density at radius 3 is 2.57 bits per heavy atom. The van der Waals surface area contributed by atoms with Crippen LogP contribution in [0, 0.1) is 0 Å². The largest absolute Gasteiger partial charge is 0.504 e. The van der Waals surface area contributed by atoms with Gasteiger partial charge in [0, 0.05) is 19.6 Å². The lowest BCUT2D eigenvalue weighted by molar-refractivity contribution is -0.141. The number of carbonyl (C=O) groups excluding carboxylic acids is 1. The quantitative estimate of drug-likeness (QED) is 0.657. The number of benzene rings is 2. The first-order valence-electron chi connectivity index (χ1n) is 9.52. The van der Waals surface area contributed by atoms with E-state index in [-0.39, 0.29) is 24.2 Å². The van der Waals surface area contributed by atoms with Gasteiger partial charge in [0.2, 0.25) is 0 Å². The molecule has 0 saturated heterocycles. The van der Waals surface area contributed by atoms with E-state index >= 15 is 0 Å². The van der Waals surface area contributed by atoms with E-state index in [2.05, 4.69) is 0 Å². The summed E-state index contributed by atoms with van der Waals surface area (Å²) in [5.41, 5.74) is 2.39. The van der Waals surface area contributed by atoms with Crippen molar-refractivity contribution in [2.45, 2.75) is 18.9 Å². The summed E-state index contributed by atoms with van der Waals surface area (Å²) >= 11 is 0. The number of methoxy groups -OCH3 is 3. The van der Waals surface area contributed by atoms with Crippen LogP contribution in [0.2, 0.25) is 0 Å². The van der Waals surface area contributed by atoms with Gasteiger partial charge >= 0.3 is 5.97 Å². The molecule has 7 heteroatoms. The molecule has 1 N–H and O–H groups in total. The summed E-state index contributed by atoms with van der Waals surface area (Å²) in [4.78, 5) is 11.5. The molecule has 7 nitrogen and oxygen atoms in total. The topological polar surface area (TPSA) is 83.5 Å². The van der Waals surface area contributed by atoms with Gasteiger partial charge in [0.25, 0.3) is 0 Å². The third-order valence-electron chi connectivity index (χ3n) is 4.91. The van der Waals surface area contributed by atoms with Gasteiger partial charge in [0.1, 0.15) is 12.7 Å². The number of ether oxygens (including phenoxy) is 5. The van der Waals surface area contributed by atoms with Crippen LogP contribution in [0.4, 0.5) is 0 Å². The fraction of sp³-hybridized carbons (Fsp3) is 0.348. The maximum absolute atomic E-state index is 11.5. The molecule has 0 fully saturated rings. The SMILES string of the molecule is COCC=Cc1cc(O)c2c(c1)[C@H](COC(C)=O)[C@@H](c1ccc(OC)c(OC)c1)O2. The van der Waals surface area contributed by atoms with E-state index in [1.807, 2.05) is 30.4 Å². The highest BCUT2D eigenvalue weighted by Crippen LogP contribution is 2.51. The van der Waals surface area contributed by atoms with Gasteiger partial charge in [-0.25, -0.2) is 0 Å². The fourth-order valence-corrected chi connectivity index (χ4v) is 3.53. The average molecular weight is 414 g/mol. The van der Waals surface area contributed by atoms with Crippen LogP contribution < -0.4 is 14.2 Å². The number of aromatic hydroxyl groups is 1. The maximum Gasteiger partial charge on any atom is 0.302 e. The van der Waals surface area contributed by atoms with Gasteiger partial charge < -0.3 is 28.8 Å². The second-order valence-electron chi connectivity index (χ2n) is 6.88. The Bertz CT molecular complexity index is 935. The lowest BCUT2D eigenvalue weighted by Crippen LogP contribution is -2.17. The van der Waals surface area contributed by atoms with Gasteiger partial charge in [-0.1, -0.05) is 18.2 Å². The molecule has 0 spiro atoms. The average Bonchev–Trinajstić information content (AvgIpc) is 3.11. The van der Waals surface area contributed by atoms with Gasteiger partial charge in [-0.15, -0.1) is 0 Å². The number of fused-ring (bicyclic) bond motifs is 1. The molecule has 30 heavy (non-hydrogen) atoms. The van der Waals surface area contributed by atoms with E-state index < -0.39 is 6.10 Å². The number of carbonyl (C=O) groups is 1. The van der Waals surface area contributed by atoms with Gasteiger partial charge in [0.05, 0.1) is 26.7 Å². The lowest BCUT2D eigenvalue weighted by atomic mass is 9.90. The molecular formula is C23H26O7. The number of phenolic OH excluding ortho intramolecular Hbond substituents is 1. The monoisotopic (exact) mass is 414 g/mol. The summed E-state index contributed by atoms with van der Waals surface area (Å²) < 4.78 is 27.2. The Labute approximate surface area is 175 Å². The van der Waals surface area contributed by atoms with Crippen molar-refractivity contribution in [3.05, 3.63) is 53.1 Å². The number of hydrogen-bond donors (Lipinski definition) is 1. The predicted octanol–water partition coefficient (Wildman–Crippen LogP) is 3.85. The van der Waals surface area contributed by atoms with Crippen LogP contribution in [0.3, 0.4) is 0 Å². The van der Waals surface area contributed by atoms with E-state index in [4.69, 9.17) is 23.7 Å². The van der Waals surface area contributed by atoms with Gasteiger partial charge in [-0.05, 0) is 35.4 Å². The molecule has 0 saturated carbocycles. The highest BCUT2D eigenvalue weighted by Gasteiger charge is 2.38. The van der Waals surface area contributed by atoms with Gasteiger partial charge in [0.15, 0.2) is 23.0 Å². The minimum atomic E-state index is -0.469. The van der Waals surface area contributed by atoms with E-state index in [0.717, 1.165) is 16.7 Å². The maximum atomic E-state index is 11.5. The summed E-state index contributed by atoms with van der Waals surface area (Å²) in [6.07, 6.45) is 3.24. The van der Waals surface area contributed by atoms with E-state index in [1.165, 1.54) is 6.92 Å². The number of phenols is 1. The summed E-state index contributed by atoms with van der Waals surface area (Å²) in [7, 11) is 4.74. The standard InChI is InChI=1S/C23H26O7/c1-14(24)29-13-18-17-10-15(6-5-9-26-2)11-19(25)23(17)30-22(18)16-7-8-20(27-3)21(12-16)28-4/h5-8,10-12,18,22,25H,9,13H2,1-4H3/t18-,22+/m0/s1. The third kappa shape index (κ3) is 4.52. The van der Waals surface area contributed by atoms with Crippen molar-refractivity contribution >= 4 is 12.0 Å². The molecule has 160 valence electrons. The van der Waals surface area contributed by atoms with Crippen LogP contribution in [-0.4, -0.2) is 45.6 Å². The Morgan fingerprint density at radius 1 is 1.13 bits per heavy atom. The van der Waals surface area contributed by atoms with Crippen molar-refractivity contribution in [3.63, 3.8) is 0 Å². The summed E-state index contributed by atoms with van der Waals surface area (Å²) in [6.45, 7) is 1.94. The van der Waals surface area contributed by atoms with Crippen LogP contribution in [0.1, 0.15) is 35.6 Å². The van der Waals surface area contributed by atoms with Crippen molar-refractivity contribution in [1.29, 1.82) is 0 Å². The number of rotatable bonds is 8.